The SMILES string of the molecule is C[C@@]12c3ccccc3C[C@@H](c3ccccc31)[N@+]2(CCN=O)CCN=[N+]=[N-]. The van der Waals surface area contributed by atoms with Gasteiger partial charge in [0.1, 0.15) is 24.7 Å². The van der Waals surface area contributed by atoms with Gasteiger partial charge in [0.2, 0.25) is 0 Å². The monoisotopic (exact) mass is 348 g/mol. The van der Waals surface area contributed by atoms with E-state index < -0.39 is 0 Å². The van der Waals surface area contributed by atoms with Gasteiger partial charge >= 0.3 is 0 Å². The lowest BCUT2D eigenvalue weighted by Gasteiger charge is -2.54. The average molecular weight is 348 g/mol. The van der Waals surface area contributed by atoms with E-state index in [1.807, 2.05) is 0 Å². The number of azide groups is 1. The number of hydrogen-bond donors (Lipinski definition) is 0. The van der Waals surface area contributed by atoms with Crippen LogP contribution in [0.5, 0.6) is 0 Å². The Morgan fingerprint density at radius 3 is 2.58 bits per heavy atom. The van der Waals surface area contributed by atoms with Gasteiger partial charge in [-0.05, 0) is 18.0 Å². The van der Waals surface area contributed by atoms with Gasteiger partial charge in [-0.2, -0.15) is 4.91 Å². The van der Waals surface area contributed by atoms with Crippen molar-refractivity contribution in [3.63, 3.8) is 0 Å². The minimum absolute atomic E-state index is 0.252. The summed E-state index contributed by atoms with van der Waals surface area (Å²) in [6.45, 7) is 4.30. The Bertz CT molecular complexity index is 894. The first-order valence-electron chi connectivity index (χ1n) is 9.03. The third kappa shape index (κ3) is 2.06. The van der Waals surface area contributed by atoms with Gasteiger partial charge < -0.3 is 4.48 Å². The zero-order valence-corrected chi connectivity index (χ0v) is 14.9. The molecule has 0 saturated heterocycles. The molecule has 2 aromatic rings. The summed E-state index contributed by atoms with van der Waals surface area (Å²) in [6, 6.07) is 17.5. The molecule has 0 amide bonds. The lowest BCUT2D eigenvalue weighted by atomic mass is 9.78. The van der Waals surface area contributed by atoms with Crippen molar-refractivity contribution in [1.29, 1.82) is 0 Å². The van der Waals surface area contributed by atoms with Crippen molar-refractivity contribution < 1.29 is 4.48 Å². The van der Waals surface area contributed by atoms with Crippen molar-refractivity contribution in [2.24, 2.45) is 10.3 Å². The van der Waals surface area contributed by atoms with Crippen molar-refractivity contribution in [3.8, 4) is 0 Å². The van der Waals surface area contributed by atoms with E-state index in [-0.39, 0.29) is 18.1 Å². The Morgan fingerprint density at radius 2 is 1.81 bits per heavy atom. The molecule has 0 N–H and O–H groups in total. The van der Waals surface area contributed by atoms with Gasteiger partial charge in [0.15, 0.2) is 0 Å². The highest BCUT2D eigenvalue weighted by Crippen LogP contribution is 2.60. The summed E-state index contributed by atoms with van der Waals surface area (Å²) >= 11 is 0. The summed E-state index contributed by atoms with van der Waals surface area (Å²) in [5, 5.41) is 7.00. The fourth-order valence-electron chi connectivity index (χ4n) is 5.46. The van der Waals surface area contributed by atoms with Crippen molar-refractivity contribution in [1.82, 2.24) is 0 Å². The molecule has 2 aliphatic heterocycles. The standard InChI is InChI=1S/C20H22N5O/c1-20-17-8-4-2-6-15(17)14-19(16-7-3-5-9-18(16)20)25(20,13-11-23-26)12-10-22-24-21/h2-9,19H,10-14H2,1H3/q+1/t19-,20+,25+/m0/s1. The quantitative estimate of drug-likeness (QED) is 0.250. The first kappa shape index (κ1) is 16.8. The number of hydrogen-bond acceptors (Lipinski definition) is 3. The number of fused-ring (bicyclic) bond motifs is 7. The number of nitroso groups, excluding NO2 is 1. The fraction of sp³-hybridized carbons (Fsp3) is 0.400. The van der Waals surface area contributed by atoms with E-state index in [4.69, 9.17) is 5.53 Å². The lowest BCUT2D eigenvalue weighted by Crippen LogP contribution is -2.63. The largest absolute Gasteiger partial charge is 0.303 e. The maximum atomic E-state index is 11.0. The van der Waals surface area contributed by atoms with Gasteiger partial charge in [0, 0.05) is 28.0 Å². The van der Waals surface area contributed by atoms with Gasteiger partial charge in [-0.3, -0.25) is 0 Å². The van der Waals surface area contributed by atoms with E-state index in [1.54, 1.807) is 0 Å². The van der Waals surface area contributed by atoms with Gasteiger partial charge in [0.05, 0.1) is 13.1 Å². The van der Waals surface area contributed by atoms with Crippen LogP contribution >= 0.6 is 0 Å². The van der Waals surface area contributed by atoms with Gasteiger partial charge in [-0.25, -0.2) is 0 Å². The second-order valence-corrected chi connectivity index (χ2v) is 7.33. The van der Waals surface area contributed by atoms with Crippen LogP contribution in [0, 0.1) is 4.91 Å². The zero-order valence-electron chi connectivity index (χ0n) is 14.9. The summed E-state index contributed by atoms with van der Waals surface area (Å²) in [6.07, 6.45) is 0.928. The summed E-state index contributed by atoms with van der Waals surface area (Å²) in [7, 11) is 0. The third-order valence-electron chi connectivity index (χ3n) is 6.54. The second kappa shape index (κ2) is 6.24. The molecule has 2 bridgehead atoms. The predicted molar refractivity (Wildman–Crippen MR) is 100 cm³/mol. The molecule has 6 nitrogen and oxygen atoms in total. The average Bonchev–Trinajstić information content (AvgIpc) is 2.80. The van der Waals surface area contributed by atoms with Crippen LogP contribution in [-0.2, 0) is 12.0 Å². The van der Waals surface area contributed by atoms with E-state index in [9.17, 15) is 4.91 Å². The summed E-state index contributed by atoms with van der Waals surface area (Å²) in [5.74, 6) is 0. The molecule has 26 heavy (non-hydrogen) atoms. The summed E-state index contributed by atoms with van der Waals surface area (Å²) in [5.41, 5.74) is 13.9. The molecule has 132 valence electrons. The maximum absolute atomic E-state index is 11.0. The van der Waals surface area contributed by atoms with Gasteiger partial charge in [-0.1, -0.05) is 58.8 Å². The molecular formula is C20H22N5O+. The Kier molecular flexibility index (Phi) is 4.02. The molecule has 2 aliphatic rings. The summed E-state index contributed by atoms with van der Waals surface area (Å²) in [4.78, 5) is 14.0. The summed E-state index contributed by atoms with van der Waals surface area (Å²) < 4.78 is 0.702. The first-order chi connectivity index (χ1) is 12.7. The van der Waals surface area contributed by atoms with Crippen molar-refractivity contribution in [2.75, 3.05) is 26.2 Å². The van der Waals surface area contributed by atoms with E-state index in [0.29, 0.717) is 24.1 Å². The second-order valence-electron chi connectivity index (χ2n) is 7.33. The Balaban J connectivity index is 1.97. The normalized spacial score (nSPS) is 28.0. The van der Waals surface area contributed by atoms with Crippen LogP contribution in [0.25, 0.3) is 10.4 Å². The molecule has 4 rings (SSSR count). The molecule has 2 heterocycles. The zero-order chi connectivity index (χ0) is 18.2. The van der Waals surface area contributed by atoms with E-state index in [0.717, 1.165) is 6.42 Å². The van der Waals surface area contributed by atoms with Gasteiger partial charge in [0.25, 0.3) is 0 Å². The third-order valence-corrected chi connectivity index (χ3v) is 6.54. The number of benzene rings is 2. The molecule has 3 atom stereocenters. The fourth-order valence-corrected chi connectivity index (χ4v) is 5.46. The molecule has 0 radical (unpaired) electrons. The van der Waals surface area contributed by atoms with E-state index in [2.05, 4.69) is 70.7 Å². The number of quaternary nitrogens is 1. The molecule has 0 spiro atoms. The Labute approximate surface area is 152 Å². The topological polar surface area (TPSA) is 78.2 Å². The minimum atomic E-state index is -0.272. The highest BCUT2D eigenvalue weighted by atomic mass is 16.3. The highest BCUT2D eigenvalue weighted by molar-refractivity contribution is 5.51. The molecule has 0 aromatic heterocycles. The van der Waals surface area contributed by atoms with Crippen LogP contribution in [0.2, 0.25) is 0 Å². The molecule has 0 saturated carbocycles. The highest BCUT2D eigenvalue weighted by Gasteiger charge is 2.63. The maximum Gasteiger partial charge on any atom is 0.149 e. The van der Waals surface area contributed by atoms with E-state index >= 15 is 0 Å². The minimum Gasteiger partial charge on any atom is -0.303 e. The predicted octanol–water partition coefficient (Wildman–Crippen LogP) is 4.45. The van der Waals surface area contributed by atoms with Crippen LogP contribution in [0.3, 0.4) is 0 Å². The first-order valence-corrected chi connectivity index (χ1v) is 9.03. The molecular weight excluding hydrogens is 326 g/mol. The van der Waals surface area contributed by atoms with Crippen molar-refractivity contribution >= 4 is 0 Å². The molecule has 0 aliphatic carbocycles. The van der Waals surface area contributed by atoms with Crippen molar-refractivity contribution in [3.05, 3.63) is 86.1 Å². The van der Waals surface area contributed by atoms with Crippen LogP contribution in [0.15, 0.2) is 58.8 Å². The van der Waals surface area contributed by atoms with Gasteiger partial charge in [-0.15, -0.1) is 0 Å². The number of rotatable bonds is 6. The number of nitrogens with zero attached hydrogens (tertiary/aromatic N) is 5. The van der Waals surface area contributed by atoms with Crippen LogP contribution < -0.4 is 0 Å². The van der Waals surface area contributed by atoms with Crippen LogP contribution in [-0.4, -0.2) is 30.7 Å². The van der Waals surface area contributed by atoms with Crippen LogP contribution in [0.1, 0.15) is 35.2 Å². The van der Waals surface area contributed by atoms with E-state index in [1.165, 1.54) is 22.3 Å². The lowest BCUT2D eigenvalue weighted by molar-refractivity contribution is -0.995. The smallest absolute Gasteiger partial charge is 0.149 e. The molecule has 6 heteroatoms. The van der Waals surface area contributed by atoms with Crippen LogP contribution in [0.4, 0.5) is 0 Å². The Hall–Kier alpha value is -2.69. The Morgan fingerprint density at radius 1 is 1.12 bits per heavy atom. The molecule has 0 fully saturated rings. The van der Waals surface area contributed by atoms with Crippen molar-refractivity contribution in [2.45, 2.75) is 24.9 Å². The molecule has 0 unspecified atom stereocenters. The molecule has 2 aromatic carbocycles.